The van der Waals surface area contributed by atoms with Crippen LogP contribution in [0.3, 0.4) is 0 Å². The molecule has 1 N–H and O–H groups in total. The zero-order chi connectivity index (χ0) is 13.1. The van der Waals surface area contributed by atoms with Crippen molar-refractivity contribution in [3.05, 3.63) is 28.2 Å². The highest BCUT2D eigenvalue weighted by atomic mass is 79.9. The van der Waals surface area contributed by atoms with E-state index >= 15 is 0 Å². The normalized spacial score (nSPS) is 22.3. The van der Waals surface area contributed by atoms with Crippen LogP contribution >= 0.6 is 15.9 Å². The van der Waals surface area contributed by atoms with Crippen molar-refractivity contribution in [2.45, 2.75) is 26.2 Å². The molecule has 100 valence electrons. The fourth-order valence-corrected chi connectivity index (χ4v) is 2.79. The molecule has 3 heteroatoms. The summed E-state index contributed by atoms with van der Waals surface area (Å²) < 4.78 is 6.59. The monoisotopic (exact) mass is 311 g/mol. The topological polar surface area (TPSA) is 21.3 Å². The lowest BCUT2D eigenvalue weighted by atomic mass is 10.1. The van der Waals surface area contributed by atoms with Crippen LogP contribution < -0.4 is 10.1 Å². The van der Waals surface area contributed by atoms with Crippen molar-refractivity contribution in [3.8, 4) is 5.75 Å². The van der Waals surface area contributed by atoms with Gasteiger partial charge in [0, 0.05) is 4.47 Å². The van der Waals surface area contributed by atoms with Gasteiger partial charge in [0.05, 0.1) is 7.11 Å². The molecule has 0 spiro atoms. The first-order chi connectivity index (χ1) is 8.61. The van der Waals surface area contributed by atoms with E-state index in [1.807, 2.05) is 6.07 Å². The van der Waals surface area contributed by atoms with Crippen molar-refractivity contribution in [3.63, 3.8) is 0 Å². The van der Waals surface area contributed by atoms with E-state index in [-0.39, 0.29) is 0 Å². The highest BCUT2D eigenvalue weighted by molar-refractivity contribution is 9.10. The van der Waals surface area contributed by atoms with Crippen molar-refractivity contribution >= 4 is 15.9 Å². The largest absolute Gasteiger partial charge is 0.496 e. The van der Waals surface area contributed by atoms with Crippen molar-refractivity contribution in [1.82, 2.24) is 5.32 Å². The molecule has 18 heavy (non-hydrogen) atoms. The maximum Gasteiger partial charge on any atom is 0.122 e. The number of nitrogens with one attached hydrogen (secondary N) is 1. The Morgan fingerprint density at radius 2 is 2.22 bits per heavy atom. The average molecular weight is 312 g/mol. The molecule has 0 aromatic heterocycles. The molecule has 2 rings (SSSR count). The van der Waals surface area contributed by atoms with Gasteiger partial charge in [0.15, 0.2) is 0 Å². The summed E-state index contributed by atoms with van der Waals surface area (Å²) in [5.41, 5.74) is 1.35. The standard InChI is InChI=1S/C15H22BrNO/c1-10(2)8-17-9-11-6-13(11)14-7-12(16)4-5-15(14)18-3/h4-5,7,10-11,13,17H,6,8-9H2,1-3H3. The molecule has 1 aromatic carbocycles. The number of methoxy groups -OCH3 is 1. The third-order valence-electron chi connectivity index (χ3n) is 3.47. The number of halogens is 1. The van der Waals surface area contributed by atoms with Gasteiger partial charge in [0.1, 0.15) is 5.75 Å². The Morgan fingerprint density at radius 1 is 1.44 bits per heavy atom. The van der Waals surface area contributed by atoms with E-state index < -0.39 is 0 Å². The fraction of sp³-hybridized carbons (Fsp3) is 0.600. The molecule has 1 aliphatic carbocycles. The summed E-state index contributed by atoms with van der Waals surface area (Å²) in [5.74, 6) is 3.18. The molecule has 1 aromatic rings. The van der Waals surface area contributed by atoms with Gasteiger partial charge in [-0.15, -0.1) is 0 Å². The average Bonchev–Trinajstić information content (AvgIpc) is 3.08. The molecule has 0 amide bonds. The summed E-state index contributed by atoms with van der Waals surface area (Å²) in [5, 5.41) is 3.55. The third-order valence-corrected chi connectivity index (χ3v) is 3.97. The van der Waals surface area contributed by atoms with Gasteiger partial charge in [-0.05, 0) is 61.0 Å². The lowest BCUT2D eigenvalue weighted by Gasteiger charge is -2.10. The van der Waals surface area contributed by atoms with Gasteiger partial charge >= 0.3 is 0 Å². The molecule has 1 aliphatic rings. The van der Waals surface area contributed by atoms with Crippen molar-refractivity contribution < 1.29 is 4.74 Å². The van der Waals surface area contributed by atoms with Gasteiger partial charge < -0.3 is 10.1 Å². The number of hydrogen-bond donors (Lipinski definition) is 1. The van der Waals surface area contributed by atoms with E-state index in [2.05, 4.69) is 47.2 Å². The maximum absolute atomic E-state index is 5.45. The molecule has 2 atom stereocenters. The maximum atomic E-state index is 5.45. The van der Waals surface area contributed by atoms with Crippen LogP contribution in [0.5, 0.6) is 5.75 Å². The highest BCUT2D eigenvalue weighted by Crippen LogP contribution is 2.50. The van der Waals surface area contributed by atoms with Crippen LogP contribution in [0.4, 0.5) is 0 Å². The van der Waals surface area contributed by atoms with E-state index in [1.54, 1.807) is 7.11 Å². The number of hydrogen-bond acceptors (Lipinski definition) is 2. The molecule has 0 heterocycles. The Hall–Kier alpha value is -0.540. The second-order valence-corrected chi connectivity index (χ2v) is 6.46. The van der Waals surface area contributed by atoms with Crippen molar-refractivity contribution in [2.24, 2.45) is 11.8 Å². The zero-order valence-corrected chi connectivity index (χ0v) is 13.0. The minimum absolute atomic E-state index is 0.664. The van der Waals surface area contributed by atoms with Crippen LogP contribution in [0.1, 0.15) is 31.7 Å². The van der Waals surface area contributed by atoms with Crippen LogP contribution in [0.15, 0.2) is 22.7 Å². The van der Waals surface area contributed by atoms with Crippen LogP contribution in [-0.4, -0.2) is 20.2 Å². The Balaban J connectivity index is 1.92. The van der Waals surface area contributed by atoms with Crippen LogP contribution in [-0.2, 0) is 0 Å². The Morgan fingerprint density at radius 3 is 2.89 bits per heavy atom. The number of rotatable bonds is 6. The first-order valence-electron chi connectivity index (χ1n) is 6.66. The van der Waals surface area contributed by atoms with Gasteiger partial charge in [0.25, 0.3) is 0 Å². The van der Waals surface area contributed by atoms with E-state index in [0.717, 1.165) is 35.1 Å². The molecule has 0 aliphatic heterocycles. The minimum atomic E-state index is 0.664. The van der Waals surface area contributed by atoms with E-state index in [9.17, 15) is 0 Å². The summed E-state index contributed by atoms with van der Waals surface area (Å²) in [6.07, 6.45) is 1.28. The van der Waals surface area contributed by atoms with Crippen molar-refractivity contribution in [2.75, 3.05) is 20.2 Å². The smallest absolute Gasteiger partial charge is 0.122 e. The van der Waals surface area contributed by atoms with Gasteiger partial charge in [-0.25, -0.2) is 0 Å². The molecular formula is C15H22BrNO. The lowest BCUT2D eigenvalue weighted by Crippen LogP contribution is -2.22. The minimum Gasteiger partial charge on any atom is -0.496 e. The van der Waals surface area contributed by atoms with Crippen molar-refractivity contribution in [1.29, 1.82) is 0 Å². The SMILES string of the molecule is COc1ccc(Br)cc1C1CC1CNCC(C)C. The van der Waals surface area contributed by atoms with Crippen LogP contribution in [0.25, 0.3) is 0 Å². The lowest BCUT2D eigenvalue weighted by molar-refractivity contribution is 0.408. The molecule has 1 saturated carbocycles. The summed E-state index contributed by atoms with van der Waals surface area (Å²) in [4.78, 5) is 0. The molecule has 0 radical (unpaired) electrons. The summed E-state index contributed by atoms with van der Waals surface area (Å²) in [7, 11) is 1.75. The number of ether oxygens (including phenoxy) is 1. The zero-order valence-electron chi connectivity index (χ0n) is 11.4. The fourth-order valence-electron chi connectivity index (χ4n) is 2.41. The van der Waals surface area contributed by atoms with Crippen LogP contribution in [0, 0.1) is 11.8 Å². The Labute approximate surface area is 118 Å². The summed E-state index contributed by atoms with van der Waals surface area (Å²) in [6, 6.07) is 6.29. The van der Waals surface area contributed by atoms with E-state index in [0.29, 0.717) is 5.92 Å². The van der Waals surface area contributed by atoms with Gasteiger partial charge in [-0.1, -0.05) is 29.8 Å². The summed E-state index contributed by atoms with van der Waals surface area (Å²) in [6.45, 7) is 6.72. The Kier molecular flexibility index (Phi) is 4.68. The van der Waals surface area contributed by atoms with Crippen LogP contribution in [0.2, 0.25) is 0 Å². The third kappa shape index (κ3) is 3.48. The second kappa shape index (κ2) is 6.07. The molecule has 0 bridgehead atoms. The van der Waals surface area contributed by atoms with Gasteiger partial charge in [0.2, 0.25) is 0 Å². The second-order valence-electron chi connectivity index (χ2n) is 5.54. The molecule has 1 fully saturated rings. The van der Waals surface area contributed by atoms with E-state index in [1.165, 1.54) is 12.0 Å². The predicted molar refractivity (Wildman–Crippen MR) is 79.2 cm³/mol. The molecule has 2 nitrogen and oxygen atoms in total. The van der Waals surface area contributed by atoms with E-state index in [4.69, 9.17) is 4.74 Å². The molecular weight excluding hydrogens is 290 g/mol. The molecule has 2 unspecified atom stereocenters. The van der Waals surface area contributed by atoms with Gasteiger partial charge in [-0.3, -0.25) is 0 Å². The summed E-state index contributed by atoms with van der Waals surface area (Å²) >= 11 is 3.54. The van der Waals surface area contributed by atoms with Gasteiger partial charge in [-0.2, -0.15) is 0 Å². The predicted octanol–water partition coefficient (Wildman–Crippen LogP) is 3.81. The molecule has 0 saturated heterocycles. The highest BCUT2D eigenvalue weighted by Gasteiger charge is 2.39. The first kappa shape index (κ1) is 13.9. The quantitative estimate of drug-likeness (QED) is 0.862. The first-order valence-corrected chi connectivity index (χ1v) is 7.45. The number of benzene rings is 1. The Bertz CT molecular complexity index is 405.